The third kappa shape index (κ3) is 4.65. The Hall–Kier alpha value is -2.87. The summed E-state index contributed by atoms with van der Waals surface area (Å²) in [6.45, 7) is 1.22. The van der Waals surface area contributed by atoms with Crippen LogP contribution in [0.3, 0.4) is 0 Å². The van der Waals surface area contributed by atoms with Crippen molar-refractivity contribution < 1.29 is 19.0 Å². The zero-order chi connectivity index (χ0) is 22.7. The largest absolute Gasteiger partial charge is 0.543 e. The van der Waals surface area contributed by atoms with E-state index in [9.17, 15) is 14.3 Å². The molecule has 32 heavy (non-hydrogen) atoms. The average molecular weight is 472 g/mol. The van der Waals surface area contributed by atoms with Crippen molar-refractivity contribution in [3.63, 3.8) is 0 Å². The maximum atomic E-state index is 13.5. The van der Waals surface area contributed by atoms with E-state index in [-0.39, 0.29) is 17.3 Å². The summed E-state index contributed by atoms with van der Waals surface area (Å²) in [6, 6.07) is 13.6. The highest BCUT2D eigenvalue weighted by molar-refractivity contribution is 7.09. The van der Waals surface area contributed by atoms with E-state index in [0.717, 1.165) is 11.8 Å². The van der Waals surface area contributed by atoms with Crippen molar-refractivity contribution in [2.24, 2.45) is 0 Å². The first-order valence-corrected chi connectivity index (χ1v) is 11.3. The third-order valence-corrected chi connectivity index (χ3v) is 6.63. The van der Waals surface area contributed by atoms with Gasteiger partial charge in [-0.25, -0.2) is 4.39 Å². The van der Waals surface area contributed by atoms with Crippen molar-refractivity contribution in [3.8, 4) is 5.75 Å². The van der Waals surface area contributed by atoms with E-state index in [0.29, 0.717) is 35.5 Å². The van der Waals surface area contributed by atoms with Gasteiger partial charge in [0.1, 0.15) is 11.6 Å². The van der Waals surface area contributed by atoms with E-state index in [1.54, 1.807) is 41.2 Å². The van der Waals surface area contributed by atoms with Gasteiger partial charge in [-0.15, -0.1) is 11.3 Å². The molecule has 2 aromatic carbocycles. The molecule has 0 saturated heterocycles. The number of carboxylic acids is 1. The minimum atomic E-state index is -1.28. The van der Waals surface area contributed by atoms with Crippen molar-refractivity contribution in [1.29, 1.82) is 0 Å². The molecule has 5 nitrogen and oxygen atoms in total. The second kappa shape index (κ2) is 9.73. The van der Waals surface area contributed by atoms with E-state index in [4.69, 9.17) is 16.3 Å². The van der Waals surface area contributed by atoms with Crippen LogP contribution in [-0.4, -0.2) is 24.2 Å². The molecule has 2 heterocycles. The number of carbonyl (C=O) groups is 1. The number of methoxy groups -OCH3 is 1. The fourth-order valence-corrected chi connectivity index (χ4v) is 4.74. The number of carboxylic acid groups (broad SMARTS) is 1. The monoisotopic (exact) mass is 471 g/mol. The number of benzene rings is 2. The number of rotatable bonds is 9. The highest BCUT2D eigenvalue weighted by Gasteiger charge is 2.19. The number of fused-ring (bicyclic) bond motifs is 1. The third-order valence-electron chi connectivity index (χ3n) is 5.34. The van der Waals surface area contributed by atoms with Gasteiger partial charge in [-0.05, 0) is 47.7 Å². The number of aromatic carboxylic acids is 1. The molecule has 4 rings (SSSR count). The van der Waals surface area contributed by atoms with Gasteiger partial charge in [-0.2, -0.15) is 0 Å². The average Bonchev–Trinajstić information content (AvgIpc) is 3.39. The predicted octanol–water partition coefficient (Wildman–Crippen LogP) is 4.25. The summed E-state index contributed by atoms with van der Waals surface area (Å²) >= 11 is 7.92. The minimum absolute atomic E-state index is 0.0669. The Kier molecular flexibility index (Phi) is 6.79. The molecule has 0 spiro atoms. The van der Waals surface area contributed by atoms with Crippen LogP contribution in [0.4, 0.5) is 4.39 Å². The summed E-state index contributed by atoms with van der Waals surface area (Å²) in [7, 11) is 1.55. The van der Waals surface area contributed by atoms with Crippen LogP contribution in [0.15, 0.2) is 53.9 Å². The highest BCUT2D eigenvalue weighted by atomic mass is 35.5. The van der Waals surface area contributed by atoms with Crippen LogP contribution in [0.1, 0.15) is 26.5 Å². The van der Waals surface area contributed by atoms with Gasteiger partial charge < -0.3 is 24.5 Å². The van der Waals surface area contributed by atoms with Gasteiger partial charge in [0.15, 0.2) is 0 Å². The quantitative estimate of drug-likeness (QED) is 0.371. The summed E-state index contributed by atoms with van der Waals surface area (Å²) in [5, 5.41) is 18.6. The molecule has 0 fully saturated rings. The molecular formula is C24H21ClFN2O3S-. The Morgan fingerprint density at radius 1 is 1.25 bits per heavy atom. The molecule has 2 aromatic heterocycles. The SMILES string of the molecule is COc1ccc2c(CNCCc3cccs3)c(C(=O)[O-])n(Cc3ccc(F)cc3Cl)c2c1. The Labute approximate surface area is 194 Å². The Morgan fingerprint density at radius 2 is 2.09 bits per heavy atom. The van der Waals surface area contributed by atoms with E-state index in [1.165, 1.54) is 17.0 Å². The van der Waals surface area contributed by atoms with Gasteiger partial charge in [0.2, 0.25) is 0 Å². The molecule has 0 aliphatic carbocycles. The van der Waals surface area contributed by atoms with Crippen LogP contribution in [-0.2, 0) is 19.5 Å². The summed E-state index contributed by atoms with van der Waals surface area (Å²) in [5.74, 6) is -1.13. The van der Waals surface area contributed by atoms with E-state index < -0.39 is 11.8 Å². The number of ether oxygens (including phenoxy) is 1. The number of nitrogens with one attached hydrogen (secondary N) is 1. The summed E-state index contributed by atoms with van der Waals surface area (Å²) in [5.41, 5.74) is 1.98. The smallest absolute Gasteiger partial charge is 0.124 e. The van der Waals surface area contributed by atoms with Crippen molar-refractivity contribution in [2.45, 2.75) is 19.5 Å². The lowest BCUT2D eigenvalue weighted by atomic mass is 10.1. The lowest BCUT2D eigenvalue weighted by molar-refractivity contribution is -0.255. The maximum Gasteiger partial charge on any atom is 0.124 e. The Balaban J connectivity index is 1.73. The maximum absolute atomic E-state index is 13.5. The normalized spacial score (nSPS) is 11.2. The fraction of sp³-hybridized carbons (Fsp3) is 0.208. The molecule has 0 unspecified atom stereocenters. The summed E-state index contributed by atoms with van der Waals surface area (Å²) in [6.07, 6.45) is 0.857. The number of thiophene rings is 1. The second-order valence-electron chi connectivity index (χ2n) is 7.33. The molecule has 0 amide bonds. The first kappa shape index (κ1) is 22.3. The lowest BCUT2D eigenvalue weighted by Crippen LogP contribution is -2.28. The van der Waals surface area contributed by atoms with E-state index in [1.807, 2.05) is 17.5 Å². The molecule has 0 radical (unpaired) electrons. The summed E-state index contributed by atoms with van der Waals surface area (Å²) < 4.78 is 20.5. The molecule has 0 bridgehead atoms. The summed E-state index contributed by atoms with van der Waals surface area (Å²) in [4.78, 5) is 13.5. The molecule has 8 heteroatoms. The number of hydrogen-bond donors (Lipinski definition) is 1. The molecule has 0 atom stereocenters. The number of halogens is 2. The Morgan fingerprint density at radius 3 is 2.78 bits per heavy atom. The molecule has 1 N–H and O–H groups in total. The fourth-order valence-electron chi connectivity index (χ4n) is 3.80. The predicted molar refractivity (Wildman–Crippen MR) is 123 cm³/mol. The van der Waals surface area contributed by atoms with Gasteiger partial charge >= 0.3 is 0 Å². The standard InChI is InChI=1S/C24H22ClFN2O3S/c1-31-17-6-7-19-20(13-27-9-8-18-3-2-10-32-18)23(24(29)30)28(22(19)12-17)14-15-4-5-16(26)11-21(15)25/h2-7,10-12,27H,8-9,13-14H2,1H3,(H,29,30)/p-1. The van der Waals surface area contributed by atoms with Crippen molar-refractivity contribution in [3.05, 3.63) is 86.4 Å². The first-order chi connectivity index (χ1) is 15.5. The van der Waals surface area contributed by atoms with Crippen LogP contribution in [0, 0.1) is 5.82 Å². The zero-order valence-corrected chi connectivity index (χ0v) is 18.9. The topological polar surface area (TPSA) is 66.3 Å². The molecule has 0 aliphatic heterocycles. The van der Waals surface area contributed by atoms with Gasteiger partial charge in [-0.3, -0.25) is 0 Å². The minimum Gasteiger partial charge on any atom is -0.543 e. The van der Waals surface area contributed by atoms with Crippen LogP contribution < -0.4 is 15.2 Å². The first-order valence-electron chi connectivity index (χ1n) is 10.1. The molecular weight excluding hydrogens is 451 g/mol. The molecule has 0 saturated carbocycles. The number of nitrogens with zero attached hydrogens (tertiary/aromatic N) is 1. The molecule has 4 aromatic rings. The van der Waals surface area contributed by atoms with E-state index in [2.05, 4.69) is 11.4 Å². The molecule has 0 aliphatic rings. The van der Waals surface area contributed by atoms with Gasteiger partial charge in [0.05, 0.1) is 24.3 Å². The van der Waals surface area contributed by atoms with Crippen LogP contribution >= 0.6 is 22.9 Å². The Bertz CT molecular complexity index is 1250. The highest BCUT2D eigenvalue weighted by Crippen LogP contribution is 2.31. The van der Waals surface area contributed by atoms with E-state index >= 15 is 0 Å². The second-order valence-corrected chi connectivity index (χ2v) is 8.77. The van der Waals surface area contributed by atoms with Crippen molar-refractivity contribution in [1.82, 2.24) is 9.88 Å². The van der Waals surface area contributed by atoms with Gasteiger partial charge in [0, 0.05) is 46.6 Å². The lowest BCUT2D eigenvalue weighted by Gasteiger charge is -2.15. The number of aromatic nitrogens is 1. The van der Waals surface area contributed by atoms with Crippen LogP contribution in [0.5, 0.6) is 5.75 Å². The number of carbonyl (C=O) groups excluding carboxylic acids is 1. The van der Waals surface area contributed by atoms with Crippen LogP contribution in [0.25, 0.3) is 10.9 Å². The van der Waals surface area contributed by atoms with Gasteiger partial charge in [-0.1, -0.05) is 23.7 Å². The zero-order valence-electron chi connectivity index (χ0n) is 17.4. The van der Waals surface area contributed by atoms with Crippen LogP contribution in [0.2, 0.25) is 5.02 Å². The van der Waals surface area contributed by atoms with Gasteiger partial charge in [0.25, 0.3) is 0 Å². The van der Waals surface area contributed by atoms with Crippen molar-refractivity contribution >= 4 is 39.8 Å². The number of hydrogen-bond acceptors (Lipinski definition) is 5. The molecule has 166 valence electrons. The van der Waals surface area contributed by atoms with Crippen molar-refractivity contribution in [2.75, 3.05) is 13.7 Å².